The first-order valence-electron chi connectivity index (χ1n) is 8.94. The molecular formula is C17H33N3O4. The molecule has 2 amide bonds. The smallest absolute Gasteiger partial charge is 0.315 e. The lowest BCUT2D eigenvalue weighted by Gasteiger charge is -2.31. The lowest BCUT2D eigenvalue weighted by atomic mass is 9.83. The van der Waals surface area contributed by atoms with Crippen molar-refractivity contribution in [2.75, 3.05) is 6.54 Å². The Labute approximate surface area is 144 Å². The Bertz CT molecular complexity index is 397. The zero-order chi connectivity index (χ0) is 18.1. The van der Waals surface area contributed by atoms with E-state index in [4.69, 9.17) is 10.5 Å². The van der Waals surface area contributed by atoms with E-state index in [0.717, 1.165) is 12.8 Å². The summed E-state index contributed by atoms with van der Waals surface area (Å²) in [5.41, 5.74) is 6.22. The maximum Gasteiger partial charge on any atom is 0.315 e. The molecule has 3 atom stereocenters. The standard InChI is InChI=1S/C17H33N3O4/c1-11(2)20-17(23)19-10-15(22)16(24-12(3)21)14(18)9-13-7-5-4-6-8-13/h11,13-16,22H,4-10,18H2,1-3H3,(H2,19,20,23)/t14-,15-,16+/m0/s1. The number of esters is 1. The molecular weight excluding hydrogens is 310 g/mol. The molecule has 24 heavy (non-hydrogen) atoms. The van der Waals surface area contributed by atoms with Gasteiger partial charge in [-0.25, -0.2) is 4.79 Å². The van der Waals surface area contributed by atoms with Crippen LogP contribution in [0.5, 0.6) is 0 Å². The Balaban J connectivity index is 2.54. The van der Waals surface area contributed by atoms with E-state index in [0.29, 0.717) is 12.3 Å². The van der Waals surface area contributed by atoms with Crippen LogP contribution >= 0.6 is 0 Å². The molecule has 0 saturated heterocycles. The Kier molecular flexibility index (Phi) is 9.07. The van der Waals surface area contributed by atoms with Crippen LogP contribution in [0.4, 0.5) is 4.79 Å². The second-order valence-electron chi connectivity index (χ2n) is 7.05. The fourth-order valence-corrected chi connectivity index (χ4v) is 3.21. The van der Waals surface area contributed by atoms with Crippen molar-refractivity contribution in [1.29, 1.82) is 0 Å². The van der Waals surface area contributed by atoms with E-state index in [1.54, 1.807) is 0 Å². The monoisotopic (exact) mass is 343 g/mol. The van der Waals surface area contributed by atoms with Crippen LogP contribution in [-0.4, -0.2) is 47.9 Å². The molecule has 0 bridgehead atoms. The van der Waals surface area contributed by atoms with E-state index in [1.807, 2.05) is 13.8 Å². The van der Waals surface area contributed by atoms with Crippen molar-refractivity contribution >= 4 is 12.0 Å². The molecule has 7 heteroatoms. The second-order valence-corrected chi connectivity index (χ2v) is 7.05. The molecule has 1 aliphatic rings. The Hall–Kier alpha value is -1.34. The van der Waals surface area contributed by atoms with Crippen LogP contribution in [-0.2, 0) is 9.53 Å². The molecule has 0 aromatic carbocycles. The highest BCUT2D eigenvalue weighted by molar-refractivity contribution is 5.74. The largest absolute Gasteiger partial charge is 0.458 e. The third kappa shape index (κ3) is 7.97. The van der Waals surface area contributed by atoms with Crippen LogP contribution in [0.3, 0.4) is 0 Å². The summed E-state index contributed by atoms with van der Waals surface area (Å²) in [6.07, 6.45) is 4.79. The van der Waals surface area contributed by atoms with Gasteiger partial charge in [-0.05, 0) is 26.2 Å². The summed E-state index contributed by atoms with van der Waals surface area (Å²) >= 11 is 0. The number of hydrogen-bond donors (Lipinski definition) is 4. The predicted molar refractivity (Wildman–Crippen MR) is 92.4 cm³/mol. The van der Waals surface area contributed by atoms with E-state index >= 15 is 0 Å². The molecule has 1 fully saturated rings. The zero-order valence-corrected chi connectivity index (χ0v) is 15.1. The van der Waals surface area contributed by atoms with Gasteiger partial charge in [0.25, 0.3) is 0 Å². The highest BCUT2D eigenvalue weighted by atomic mass is 16.6. The van der Waals surface area contributed by atoms with Gasteiger partial charge in [-0.1, -0.05) is 32.1 Å². The molecule has 140 valence electrons. The quantitative estimate of drug-likeness (QED) is 0.496. The first-order chi connectivity index (χ1) is 11.3. The summed E-state index contributed by atoms with van der Waals surface area (Å²) in [5, 5.41) is 15.6. The molecule has 0 spiro atoms. The molecule has 0 aliphatic heterocycles. The van der Waals surface area contributed by atoms with Gasteiger partial charge in [0.05, 0.1) is 0 Å². The van der Waals surface area contributed by atoms with Gasteiger partial charge in [0.15, 0.2) is 0 Å². The maximum absolute atomic E-state index is 11.6. The number of aliphatic hydroxyl groups is 1. The first kappa shape index (κ1) is 20.7. The molecule has 0 heterocycles. The van der Waals surface area contributed by atoms with Crippen LogP contribution in [0.25, 0.3) is 0 Å². The number of ether oxygens (including phenoxy) is 1. The Morgan fingerprint density at radius 2 is 1.88 bits per heavy atom. The number of amides is 2. The van der Waals surface area contributed by atoms with Crippen LogP contribution in [0, 0.1) is 5.92 Å². The van der Waals surface area contributed by atoms with Gasteiger partial charge in [-0.2, -0.15) is 0 Å². The lowest BCUT2D eigenvalue weighted by molar-refractivity contribution is -0.154. The fraction of sp³-hybridized carbons (Fsp3) is 0.882. The molecule has 5 N–H and O–H groups in total. The third-order valence-electron chi connectivity index (χ3n) is 4.33. The Morgan fingerprint density at radius 1 is 1.25 bits per heavy atom. The summed E-state index contributed by atoms with van der Waals surface area (Å²) in [5.74, 6) is 0.0287. The minimum absolute atomic E-state index is 0.0000298. The molecule has 0 aromatic heterocycles. The molecule has 1 saturated carbocycles. The van der Waals surface area contributed by atoms with Crippen molar-refractivity contribution < 1.29 is 19.4 Å². The lowest BCUT2D eigenvalue weighted by Crippen LogP contribution is -2.52. The van der Waals surface area contributed by atoms with E-state index in [9.17, 15) is 14.7 Å². The molecule has 7 nitrogen and oxygen atoms in total. The topological polar surface area (TPSA) is 114 Å². The average molecular weight is 343 g/mol. The van der Waals surface area contributed by atoms with E-state index in [1.165, 1.54) is 26.2 Å². The summed E-state index contributed by atoms with van der Waals surface area (Å²) in [4.78, 5) is 23.0. The van der Waals surface area contributed by atoms with Crippen molar-refractivity contribution in [2.45, 2.75) is 83.6 Å². The normalized spacial score (nSPS) is 19.4. The van der Waals surface area contributed by atoms with Gasteiger partial charge < -0.3 is 26.2 Å². The van der Waals surface area contributed by atoms with Crippen molar-refractivity contribution in [1.82, 2.24) is 10.6 Å². The number of rotatable bonds is 8. The number of carbonyl (C=O) groups is 2. The van der Waals surface area contributed by atoms with Crippen LogP contribution in [0.2, 0.25) is 0 Å². The van der Waals surface area contributed by atoms with Gasteiger partial charge in [-0.15, -0.1) is 0 Å². The number of nitrogens with two attached hydrogens (primary N) is 1. The molecule has 0 radical (unpaired) electrons. The summed E-state index contributed by atoms with van der Waals surface area (Å²) in [6.45, 7) is 4.97. The summed E-state index contributed by atoms with van der Waals surface area (Å²) < 4.78 is 5.24. The van der Waals surface area contributed by atoms with Gasteiger partial charge in [0.2, 0.25) is 0 Å². The van der Waals surface area contributed by atoms with Crippen molar-refractivity contribution in [3.63, 3.8) is 0 Å². The van der Waals surface area contributed by atoms with Gasteiger partial charge in [0.1, 0.15) is 12.2 Å². The number of carbonyl (C=O) groups excluding carboxylic acids is 2. The number of aliphatic hydroxyl groups excluding tert-OH is 1. The second kappa shape index (κ2) is 10.5. The van der Waals surface area contributed by atoms with Crippen molar-refractivity contribution in [3.05, 3.63) is 0 Å². The van der Waals surface area contributed by atoms with E-state index in [-0.39, 0.29) is 18.6 Å². The van der Waals surface area contributed by atoms with Crippen LogP contribution < -0.4 is 16.4 Å². The van der Waals surface area contributed by atoms with Gasteiger partial charge in [0, 0.05) is 25.6 Å². The van der Waals surface area contributed by atoms with Gasteiger partial charge >= 0.3 is 12.0 Å². The van der Waals surface area contributed by atoms with Crippen molar-refractivity contribution in [3.8, 4) is 0 Å². The minimum Gasteiger partial charge on any atom is -0.458 e. The van der Waals surface area contributed by atoms with E-state index in [2.05, 4.69) is 10.6 Å². The summed E-state index contributed by atoms with van der Waals surface area (Å²) in [7, 11) is 0. The highest BCUT2D eigenvalue weighted by Crippen LogP contribution is 2.28. The summed E-state index contributed by atoms with van der Waals surface area (Å²) in [6, 6.07) is -0.812. The number of urea groups is 1. The predicted octanol–water partition coefficient (Wildman–Crippen LogP) is 1.28. The SMILES string of the molecule is CC(=O)O[C@H]([C@@H](N)CC1CCCCC1)[C@@H](O)CNC(=O)NC(C)C. The van der Waals surface area contributed by atoms with Crippen LogP contribution in [0.15, 0.2) is 0 Å². The maximum atomic E-state index is 11.6. The first-order valence-corrected chi connectivity index (χ1v) is 8.94. The third-order valence-corrected chi connectivity index (χ3v) is 4.33. The molecule has 1 aliphatic carbocycles. The Morgan fingerprint density at radius 3 is 2.42 bits per heavy atom. The highest BCUT2D eigenvalue weighted by Gasteiger charge is 2.31. The number of hydrogen-bond acceptors (Lipinski definition) is 5. The minimum atomic E-state index is -1.04. The molecule has 1 rings (SSSR count). The molecule has 0 aromatic rings. The average Bonchev–Trinajstić information content (AvgIpc) is 2.50. The van der Waals surface area contributed by atoms with Crippen LogP contribution in [0.1, 0.15) is 59.3 Å². The van der Waals surface area contributed by atoms with E-state index < -0.39 is 24.2 Å². The van der Waals surface area contributed by atoms with Crippen molar-refractivity contribution in [2.24, 2.45) is 11.7 Å². The number of nitrogens with one attached hydrogen (secondary N) is 2. The van der Waals surface area contributed by atoms with Gasteiger partial charge in [-0.3, -0.25) is 4.79 Å². The molecule has 0 unspecified atom stereocenters. The fourth-order valence-electron chi connectivity index (χ4n) is 3.21. The zero-order valence-electron chi connectivity index (χ0n) is 15.1.